The highest BCUT2D eigenvalue weighted by Crippen LogP contribution is 2.23. The van der Waals surface area contributed by atoms with Crippen molar-refractivity contribution in [2.45, 2.75) is 32.7 Å². The molecule has 0 atom stereocenters. The highest BCUT2D eigenvalue weighted by atomic mass is 16.2. The van der Waals surface area contributed by atoms with Gasteiger partial charge < -0.3 is 15.2 Å². The molecule has 2 N–H and O–H groups in total. The number of para-hydroxylation sites is 1. The third kappa shape index (κ3) is 2.66. The van der Waals surface area contributed by atoms with Crippen molar-refractivity contribution in [3.8, 4) is 5.69 Å². The van der Waals surface area contributed by atoms with E-state index in [1.165, 1.54) is 0 Å². The van der Waals surface area contributed by atoms with E-state index in [2.05, 4.69) is 16.7 Å². The summed E-state index contributed by atoms with van der Waals surface area (Å²) in [7, 11) is 0. The summed E-state index contributed by atoms with van der Waals surface area (Å²) in [6, 6.07) is 12.4. The van der Waals surface area contributed by atoms with Crippen LogP contribution in [0.3, 0.4) is 0 Å². The van der Waals surface area contributed by atoms with Gasteiger partial charge in [0.1, 0.15) is 0 Å². The van der Waals surface area contributed by atoms with Gasteiger partial charge in [0.2, 0.25) is 0 Å². The largest absolute Gasteiger partial charge is 0.338 e. The number of hydrogen-bond donors (Lipinski definition) is 1. The topological polar surface area (TPSA) is 51.3 Å². The molecule has 2 heterocycles. The zero-order valence-corrected chi connectivity index (χ0v) is 13.2. The van der Waals surface area contributed by atoms with E-state index in [0.29, 0.717) is 0 Å². The molecule has 0 spiro atoms. The Morgan fingerprint density at radius 3 is 2.41 bits per heavy atom. The van der Waals surface area contributed by atoms with Crippen LogP contribution in [0.4, 0.5) is 0 Å². The molecule has 0 aliphatic carbocycles. The van der Waals surface area contributed by atoms with Crippen LogP contribution in [0, 0.1) is 13.8 Å². The second-order valence-corrected chi connectivity index (χ2v) is 6.09. The van der Waals surface area contributed by atoms with Gasteiger partial charge in [0, 0.05) is 36.2 Å². The van der Waals surface area contributed by atoms with Gasteiger partial charge in [-0.2, -0.15) is 0 Å². The number of hydrogen-bond acceptors (Lipinski definition) is 2. The molecule has 116 valence electrons. The van der Waals surface area contributed by atoms with E-state index in [4.69, 9.17) is 5.73 Å². The molecule has 1 saturated heterocycles. The fourth-order valence-electron chi connectivity index (χ4n) is 3.23. The first-order valence-electron chi connectivity index (χ1n) is 7.87. The van der Waals surface area contributed by atoms with Crippen LogP contribution < -0.4 is 5.73 Å². The van der Waals surface area contributed by atoms with Crippen molar-refractivity contribution in [1.29, 1.82) is 0 Å². The lowest BCUT2D eigenvalue weighted by molar-refractivity contribution is 0.0714. The van der Waals surface area contributed by atoms with Crippen LogP contribution >= 0.6 is 0 Å². The third-order valence-corrected chi connectivity index (χ3v) is 4.50. The molecule has 4 heteroatoms. The third-order valence-electron chi connectivity index (χ3n) is 4.50. The Kier molecular flexibility index (Phi) is 4.03. The second-order valence-electron chi connectivity index (χ2n) is 6.09. The number of carbonyl (C=O) groups is 1. The molecule has 1 amide bonds. The van der Waals surface area contributed by atoms with Gasteiger partial charge in [-0.3, -0.25) is 4.79 Å². The lowest BCUT2D eigenvalue weighted by Gasteiger charge is -2.30. The molecule has 2 aromatic rings. The van der Waals surface area contributed by atoms with E-state index in [9.17, 15) is 4.79 Å². The number of carbonyl (C=O) groups excluding carboxylic acids is 1. The van der Waals surface area contributed by atoms with Gasteiger partial charge in [0.25, 0.3) is 5.91 Å². The SMILES string of the molecule is Cc1cc(C(=O)N2CCC(N)CC2)c(C)n1-c1ccccc1. The first kappa shape index (κ1) is 14.9. The molecule has 0 unspecified atom stereocenters. The lowest BCUT2D eigenvalue weighted by atomic mass is 10.1. The molecule has 22 heavy (non-hydrogen) atoms. The number of rotatable bonds is 2. The van der Waals surface area contributed by atoms with Gasteiger partial charge in [0.05, 0.1) is 5.56 Å². The zero-order chi connectivity index (χ0) is 15.7. The van der Waals surface area contributed by atoms with Crippen molar-refractivity contribution in [2.24, 2.45) is 5.73 Å². The van der Waals surface area contributed by atoms with Gasteiger partial charge in [-0.15, -0.1) is 0 Å². The number of nitrogens with two attached hydrogens (primary N) is 1. The number of likely N-dealkylation sites (tertiary alicyclic amines) is 1. The molecular formula is C18H23N3O. The Hall–Kier alpha value is -2.07. The minimum absolute atomic E-state index is 0.127. The Bertz CT molecular complexity index is 667. The van der Waals surface area contributed by atoms with E-state index in [1.54, 1.807) is 0 Å². The maximum absolute atomic E-state index is 12.8. The van der Waals surface area contributed by atoms with Crippen molar-refractivity contribution >= 4 is 5.91 Å². The highest BCUT2D eigenvalue weighted by Gasteiger charge is 2.25. The summed E-state index contributed by atoms with van der Waals surface area (Å²) in [5.74, 6) is 0.127. The summed E-state index contributed by atoms with van der Waals surface area (Å²) in [6.45, 7) is 5.58. The van der Waals surface area contributed by atoms with Gasteiger partial charge in [-0.05, 0) is 44.9 Å². The summed E-state index contributed by atoms with van der Waals surface area (Å²) < 4.78 is 2.14. The van der Waals surface area contributed by atoms with E-state index in [0.717, 1.165) is 48.6 Å². The van der Waals surface area contributed by atoms with Crippen LogP contribution in [-0.4, -0.2) is 34.5 Å². The summed E-state index contributed by atoms with van der Waals surface area (Å²) in [4.78, 5) is 14.7. The average Bonchev–Trinajstić information content (AvgIpc) is 2.83. The number of aryl methyl sites for hydroxylation is 1. The van der Waals surface area contributed by atoms with Crippen molar-refractivity contribution in [2.75, 3.05) is 13.1 Å². The number of benzene rings is 1. The molecule has 3 rings (SSSR count). The van der Waals surface area contributed by atoms with Crippen molar-refractivity contribution in [3.05, 3.63) is 53.3 Å². The van der Waals surface area contributed by atoms with Crippen LogP contribution in [-0.2, 0) is 0 Å². The van der Waals surface area contributed by atoms with Gasteiger partial charge in [-0.1, -0.05) is 18.2 Å². The van der Waals surface area contributed by atoms with Gasteiger partial charge in [0.15, 0.2) is 0 Å². The molecule has 1 aliphatic rings. The van der Waals surface area contributed by atoms with E-state index < -0.39 is 0 Å². The monoisotopic (exact) mass is 297 g/mol. The van der Waals surface area contributed by atoms with E-state index in [1.807, 2.05) is 43.0 Å². The molecule has 4 nitrogen and oxygen atoms in total. The molecule has 0 bridgehead atoms. The minimum atomic E-state index is 0.127. The summed E-state index contributed by atoms with van der Waals surface area (Å²) >= 11 is 0. The Morgan fingerprint density at radius 1 is 1.14 bits per heavy atom. The normalized spacial score (nSPS) is 16.0. The first-order valence-corrected chi connectivity index (χ1v) is 7.87. The maximum atomic E-state index is 12.8. The zero-order valence-electron chi connectivity index (χ0n) is 13.2. The fourth-order valence-corrected chi connectivity index (χ4v) is 3.23. The average molecular weight is 297 g/mol. The minimum Gasteiger partial charge on any atom is -0.338 e. The van der Waals surface area contributed by atoms with Crippen LogP contribution in [0.2, 0.25) is 0 Å². The smallest absolute Gasteiger partial charge is 0.255 e. The highest BCUT2D eigenvalue weighted by molar-refractivity contribution is 5.96. The predicted molar refractivity (Wildman–Crippen MR) is 88.4 cm³/mol. The summed E-state index contributed by atoms with van der Waals surface area (Å²) in [5, 5.41) is 0. The van der Waals surface area contributed by atoms with Gasteiger partial charge in [-0.25, -0.2) is 0 Å². The van der Waals surface area contributed by atoms with Crippen LogP contribution in [0.1, 0.15) is 34.6 Å². The van der Waals surface area contributed by atoms with Crippen molar-refractivity contribution in [1.82, 2.24) is 9.47 Å². The molecule has 0 radical (unpaired) electrons. The maximum Gasteiger partial charge on any atom is 0.255 e. The van der Waals surface area contributed by atoms with Crippen LogP contribution in [0.5, 0.6) is 0 Å². The molecule has 1 aromatic heterocycles. The van der Waals surface area contributed by atoms with Gasteiger partial charge >= 0.3 is 0 Å². The standard InChI is InChI=1S/C18H23N3O/c1-13-12-17(18(22)20-10-8-15(19)9-11-20)14(2)21(13)16-6-4-3-5-7-16/h3-7,12,15H,8-11,19H2,1-2H3. The Morgan fingerprint density at radius 2 is 1.77 bits per heavy atom. The first-order chi connectivity index (χ1) is 10.6. The number of nitrogens with zero attached hydrogens (tertiary/aromatic N) is 2. The number of aromatic nitrogens is 1. The van der Waals surface area contributed by atoms with Crippen molar-refractivity contribution < 1.29 is 4.79 Å². The number of amides is 1. The quantitative estimate of drug-likeness (QED) is 0.926. The molecule has 0 saturated carbocycles. The van der Waals surface area contributed by atoms with E-state index in [-0.39, 0.29) is 11.9 Å². The summed E-state index contributed by atoms with van der Waals surface area (Å²) in [6.07, 6.45) is 1.78. The molecule has 1 fully saturated rings. The number of piperidine rings is 1. The fraction of sp³-hybridized carbons (Fsp3) is 0.389. The second kappa shape index (κ2) is 5.97. The Labute approximate surface area is 131 Å². The molecular weight excluding hydrogens is 274 g/mol. The van der Waals surface area contributed by atoms with Crippen LogP contribution in [0.25, 0.3) is 5.69 Å². The molecule has 1 aromatic carbocycles. The van der Waals surface area contributed by atoms with Crippen molar-refractivity contribution in [3.63, 3.8) is 0 Å². The van der Waals surface area contributed by atoms with E-state index >= 15 is 0 Å². The lowest BCUT2D eigenvalue weighted by Crippen LogP contribution is -2.42. The Balaban J connectivity index is 1.91. The molecule has 1 aliphatic heterocycles. The predicted octanol–water partition coefficient (Wildman–Crippen LogP) is 2.66. The van der Waals surface area contributed by atoms with Crippen LogP contribution in [0.15, 0.2) is 36.4 Å². The summed E-state index contributed by atoms with van der Waals surface area (Å²) in [5.41, 5.74) is 9.91.